The van der Waals surface area contributed by atoms with E-state index >= 15 is 0 Å². The molecular formula is C6H9NO6. The summed E-state index contributed by atoms with van der Waals surface area (Å²) in [5, 5.41) is 25.0. The van der Waals surface area contributed by atoms with Crippen molar-refractivity contribution in [2.45, 2.75) is 12.5 Å². The highest BCUT2D eigenvalue weighted by molar-refractivity contribution is 5.85. The van der Waals surface area contributed by atoms with E-state index < -0.39 is 36.3 Å². The average molecular weight is 191 g/mol. The molecule has 0 heterocycles. The Bertz CT molecular complexity index is 237. The van der Waals surface area contributed by atoms with Gasteiger partial charge in [0.1, 0.15) is 6.04 Å². The number of carboxylic acids is 3. The summed E-state index contributed by atoms with van der Waals surface area (Å²) in [4.78, 5) is 30.7. The van der Waals surface area contributed by atoms with Gasteiger partial charge in [0.2, 0.25) is 0 Å². The van der Waals surface area contributed by atoms with Crippen molar-refractivity contribution in [3.63, 3.8) is 0 Å². The smallest absolute Gasteiger partial charge is 0.321 e. The van der Waals surface area contributed by atoms with E-state index in [0.29, 0.717) is 0 Å². The number of aliphatic carboxylic acids is 3. The van der Waals surface area contributed by atoms with Crippen molar-refractivity contribution in [1.29, 1.82) is 0 Å². The first kappa shape index (κ1) is 11.4. The van der Waals surface area contributed by atoms with Gasteiger partial charge in [-0.05, 0) is 0 Å². The number of nitrogens with two attached hydrogens (primary N) is 1. The first-order valence-electron chi connectivity index (χ1n) is 3.29. The Morgan fingerprint density at radius 1 is 1.08 bits per heavy atom. The molecule has 2 atom stereocenters. The summed E-state index contributed by atoms with van der Waals surface area (Å²) in [7, 11) is 0. The zero-order valence-electron chi connectivity index (χ0n) is 6.51. The minimum atomic E-state index is -1.70. The van der Waals surface area contributed by atoms with E-state index in [4.69, 9.17) is 21.1 Å². The van der Waals surface area contributed by atoms with Crippen molar-refractivity contribution in [3.05, 3.63) is 0 Å². The fraction of sp³-hybridized carbons (Fsp3) is 0.500. The topological polar surface area (TPSA) is 138 Å². The number of carbonyl (C=O) groups is 3. The van der Waals surface area contributed by atoms with Crippen LogP contribution >= 0.6 is 0 Å². The molecular weight excluding hydrogens is 182 g/mol. The molecule has 0 unspecified atom stereocenters. The van der Waals surface area contributed by atoms with Crippen molar-refractivity contribution in [3.8, 4) is 0 Å². The van der Waals surface area contributed by atoms with E-state index in [1.54, 1.807) is 0 Å². The first-order chi connectivity index (χ1) is 5.86. The van der Waals surface area contributed by atoms with Gasteiger partial charge in [-0.25, -0.2) is 0 Å². The molecule has 0 aliphatic heterocycles. The van der Waals surface area contributed by atoms with Crippen LogP contribution in [0.5, 0.6) is 0 Å². The molecule has 0 aromatic carbocycles. The standard InChI is InChI=1S/C6H9NO6/c7-4(6(12)13)2(5(10)11)1-3(8)9/h2,4H,1,7H2,(H,8,9)(H,10,11)(H,12,13)/t2-,4+/m1/s1. The zero-order valence-corrected chi connectivity index (χ0v) is 6.51. The Labute approximate surface area is 72.8 Å². The highest BCUT2D eigenvalue weighted by Crippen LogP contribution is 2.08. The molecule has 0 amide bonds. The third kappa shape index (κ3) is 3.52. The predicted octanol–water partition coefficient (Wildman–Crippen LogP) is -1.43. The Hall–Kier alpha value is -1.63. The molecule has 0 bridgehead atoms. The minimum absolute atomic E-state index is 0.803. The van der Waals surface area contributed by atoms with Gasteiger partial charge in [-0.15, -0.1) is 0 Å². The highest BCUT2D eigenvalue weighted by atomic mass is 16.4. The quantitative estimate of drug-likeness (QED) is 0.418. The molecule has 0 rings (SSSR count). The van der Waals surface area contributed by atoms with Gasteiger partial charge in [-0.2, -0.15) is 0 Å². The number of hydrogen-bond acceptors (Lipinski definition) is 4. The summed E-state index contributed by atoms with van der Waals surface area (Å²) in [6.07, 6.45) is -0.803. The summed E-state index contributed by atoms with van der Waals surface area (Å²) in [5.74, 6) is -6.06. The van der Waals surface area contributed by atoms with Gasteiger partial charge in [0.15, 0.2) is 0 Å². The molecule has 0 fully saturated rings. The van der Waals surface area contributed by atoms with Crippen molar-refractivity contribution in [2.75, 3.05) is 0 Å². The van der Waals surface area contributed by atoms with E-state index in [2.05, 4.69) is 0 Å². The van der Waals surface area contributed by atoms with Crippen LogP contribution in [0.2, 0.25) is 0 Å². The van der Waals surface area contributed by atoms with E-state index in [-0.39, 0.29) is 0 Å². The predicted molar refractivity (Wildman–Crippen MR) is 39.0 cm³/mol. The SMILES string of the molecule is N[C@H](C(=O)O)[C@@H](CC(=O)O)C(=O)O. The monoisotopic (exact) mass is 191 g/mol. The number of hydrogen-bond donors (Lipinski definition) is 4. The number of carboxylic acid groups (broad SMARTS) is 3. The van der Waals surface area contributed by atoms with Crippen LogP contribution in [0.3, 0.4) is 0 Å². The Kier molecular flexibility index (Phi) is 3.86. The zero-order chi connectivity index (χ0) is 10.6. The number of rotatable bonds is 5. The molecule has 13 heavy (non-hydrogen) atoms. The fourth-order valence-electron chi connectivity index (χ4n) is 0.728. The van der Waals surface area contributed by atoms with Gasteiger partial charge < -0.3 is 21.1 Å². The summed E-state index contributed by atoms with van der Waals surface area (Å²) in [5.41, 5.74) is 4.97. The van der Waals surface area contributed by atoms with Gasteiger partial charge in [-0.1, -0.05) is 0 Å². The van der Waals surface area contributed by atoms with E-state index in [1.165, 1.54) is 0 Å². The molecule has 74 valence electrons. The maximum absolute atomic E-state index is 10.4. The van der Waals surface area contributed by atoms with Crippen LogP contribution in [0, 0.1) is 5.92 Å². The molecule has 0 aliphatic carbocycles. The van der Waals surface area contributed by atoms with Crippen molar-refractivity contribution in [2.24, 2.45) is 11.7 Å². The molecule has 0 aliphatic rings. The Morgan fingerprint density at radius 2 is 1.54 bits per heavy atom. The lowest BCUT2D eigenvalue weighted by Crippen LogP contribution is -2.43. The lowest BCUT2D eigenvalue weighted by atomic mass is 9.97. The average Bonchev–Trinajstić information content (AvgIpc) is 1.97. The molecule has 5 N–H and O–H groups in total. The largest absolute Gasteiger partial charge is 0.481 e. The maximum Gasteiger partial charge on any atom is 0.321 e. The van der Waals surface area contributed by atoms with Crippen molar-refractivity contribution < 1.29 is 29.7 Å². The van der Waals surface area contributed by atoms with Gasteiger partial charge in [0.25, 0.3) is 0 Å². The molecule has 7 nitrogen and oxygen atoms in total. The van der Waals surface area contributed by atoms with E-state index in [9.17, 15) is 14.4 Å². The summed E-state index contributed by atoms with van der Waals surface area (Å²) in [6, 6.07) is -1.70. The second-order valence-electron chi connectivity index (χ2n) is 2.41. The molecule has 0 radical (unpaired) electrons. The molecule has 0 saturated carbocycles. The third-order valence-corrected chi connectivity index (χ3v) is 1.43. The second-order valence-corrected chi connectivity index (χ2v) is 2.41. The second kappa shape index (κ2) is 4.41. The van der Waals surface area contributed by atoms with Gasteiger partial charge in [0, 0.05) is 0 Å². The Morgan fingerprint density at radius 3 is 1.77 bits per heavy atom. The normalized spacial score (nSPS) is 14.5. The van der Waals surface area contributed by atoms with Crippen LogP contribution < -0.4 is 5.73 Å². The van der Waals surface area contributed by atoms with Crippen LogP contribution in [-0.2, 0) is 14.4 Å². The molecule has 0 aromatic rings. The fourth-order valence-corrected chi connectivity index (χ4v) is 0.728. The van der Waals surface area contributed by atoms with E-state index in [1.807, 2.05) is 0 Å². The van der Waals surface area contributed by atoms with Crippen LogP contribution in [0.15, 0.2) is 0 Å². The van der Waals surface area contributed by atoms with Gasteiger partial charge in [0.05, 0.1) is 12.3 Å². The first-order valence-corrected chi connectivity index (χ1v) is 3.29. The minimum Gasteiger partial charge on any atom is -0.481 e. The van der Waals surface area contributed by atoms with Crippen molar-refractivity contribution >= 4 is 17.9 Å². The van der Waals surface area contributed by atoms with Crippen LogP contribution in [0.1, 0.15) is 6.42 Å². The molecule has 0 saturated heterocycles. The van der Waals surface area contributed by atoms with Crippen LogP contribution in [0.4, 0.5) is 0 Å². The molecule has 0 aromatic heterocycles. The Balaban J connectivity index is 4.51. The van der Waals surface area contributed by atoms with Crippen molar-refractivity contribution in [1.82, 2.24) is 0 Å². The summed E-state index contributed by atoms with van der Waals surface area (Å²) in [6.45, 7) is 0. The molecule has 0 spiro atoms. The van der Waals surface area contributed by atoms with Gasteiger partial charge >= 0.3 is 17.9 Å². The highest BCUT2D eigenvalue weighted by Gasteiger charge is 2.32. The van der Waals surface area contributed by atoms with E-state index in [0.717, 1.165) is 0 Å². The van der Waals surface area contributed by atoms with Gasteiger partial charge in [-0.3, -0.25) is 14.4 Å². The third-order valence-electron chi connectivity index (χ3n) is 1.43. The summed E-state index contributed by atoms with van der Waals surface area (Å²) >= 11 is 0. The van der Waals surface area contributed by atoms with Crippen LogP contribution in [0.25, 0.3) is 0 Å². The van der Waals surface area contributed by atoms with Crippen LogP contribution in [-0.4, -0.2) is 39.3 Å². The lowest BCUT2D eigenvalue weighted by Gasteiger charge is -2.13. The maximum atomic E-state index is 10.4. The summed E-state index contributed by atoms with van der Waals surface area (Å²) < 4.78 is 0. The molecule has 7 heteroatoms. The lowest BCUT2D eigenvalue weighted by molar-refractivity contribution is -0.153.